The molecular formula is C12H11FN4O2. The van der Waals surface area contributed by atoms with Gasteiger partial charge in [0.05, 0.1) is 17.0 Å². The second-order valence-electron chi connectivity index (χ2n) is 3.93. The lowest BCUT2D eigenvalue weighted by Crippen LogP contribution is -2.04. The number of nitrogens with one attached hydrogen (secondary N) is 1. The van der Waals surface area contributed by atoms with Crippen LogP contribution in [0.5, 0.6) is 0 Å². The highest BCUT2D eigenvalue weighted by atomic mass is 19.1. The van der Waals surface area contributed by atoms with Gasteiger partial charge in [-0.05, 0) is 32.0 Å². The number of aryl methyl sites for hydroxylation is 2. The number of hydrogen-bond acceptors (Lipinski definition) is 5. The van der Waals surface area contributed by atoms with Gasteiger partial charge in [-0.2, -0.15) is 5.10 Å². The zero-order valence-corrected chi connectivity index (χ0v) is 10.3. The molecule has 0 saturated heterocycles. The maximum absolute atomic E-state index is 13.5. The molecule has 0 aliphatic heterocycles. The van der Waals surface area contributed by atoms with E-state index in [4.69, 9.17) is 5.11 Å². The highest BCUT2D eigenvalue weighted by molar-refractivity contribution is 5.88. The zero-order chi connectivity index (χ0) is 14.0. The van der Waals surface area contributed by atoms with Crippen molar-refractivity contribution in [2.45, 2.75) is 13.8 Å². The first-order chi connectivity index (χ1) is 8.97. The first kappa shape index (κ1) is 12.9. The van der Waals surface area contributed by atoms with E-state index in [2.05, 4.69) is 20.5 Å². The molecule has 1 aromatic carbocycles. The van der Waals surface area contributed by atoms with E-state index < -0.39 is 11.8 Å². The predicted molar refractivity (Wildman–Crippen MR) is 65.9 cm³/mol. The van der Waals surface area contributed by atoms with Gasteiger partial charge in [-0.3, -0.25) is 0 Å². The Morgan fingerprint density at radius 1 is 1.26 bits per heavy atom. The van der Waals surface area contributed by atoms with Crippen molar-refractivity contribution < 1.29 is 14.3 Å². The number of hydrogen-bond donors (Lipinski definition) is 2. The Balaban J connectivity index is 2.26. The van der Waals surface area contributed by atoms with Crippen LogP contribution < -0.4 is 5.32 Å². The third kappa shape index (κ3) is 2.82. The molecule has 19 heavy (non-hydrogen) atoms. The fraction of sp³-hybridized carbons (Fsp3) is 0.167. The van der Waals surface area contributed by atoms with E-state index in [0.29, 0.717) is 17.1 Å². The summed E-state index contributed by atoms with van der Waals surface area (Å²) in [5.74, 6) is -1.91. The molecule has 7 heteroatoms. The molecule has 0 spiro atoms. The molecular weight excluding hydrogens is 251 g/mol. The summed E-state index contributed by atoms with van der Waals surface area (Å²) in [6, 6.07) is 3.68. The van der Waals surface area contributed by atoms with Crippen molar-refractivity contribution in [2.75, 3.05) is 5.32 Å². The molecule has 0 bridgehead atoms. The Kier molecular flexibility index (Phi) is 3.37. The normalized spacial score (nSPS) is 10.3. The predicted octanol–water partition coefficient (Wildman–Crippen LogP) is 2.07. The maximum Gasteiger partial charge on any atom is 0.338 e. The van der Waals surface area contributed by atoms with Gasteiger partial charge in [0.25, 0.3) is 0 Å². The smallest absolute Gasteiger partial charge is 0.338 e. The largest absolute Gasteiger partial charge is 0.478 e. The van der Waals surface area contributed by atoms with E-state index in [1.165, 1.54) is 12.1 Å². The summed E-state index contributed by atoms with van der Waals surface area (Å²) < 4.78 is 13.5. The second kappa shape index (κ2) is 4.97. The number of nitrogens with zero attached hydrogens (tertiary/aromatic N) is 3. The van der Waals surface area contributed by atoms with E-state index >= 15 is 0 Å². The Morgan fingerprint density at radius 3 is 2.58 bits per heavy atom. The molecule has 0 amide bonds. The maximum atomic E-state index is 13.5. The number of benzene rings is 1. The summed E-state index contributed by atoms with van der Waals surface area (Å²) in [7, 11) is 0. The highest BCUT2D eigenvalue weighted by Gasteiger charge is 2.11. The first-order valence-electron chi connectivity index (χ1n) is 5.45. The molecule has 1 aromatic heterocycles. The fourth-order valence-corrected chi connectivity index (χ4v) is 1.41. The number of carboxylic acid groups (broad SMARTS) is 1. The molecule has 0 fully saturated rings. The minimum Gasteiger partial charge on any atom is -0.478 e. The second-order valence-corrected chi connectivity index (χ2v) is 3.93. The zero-order valence-electron chi connectivity index (χ0n) is 10.3. The van der Waals surface area contributed by atoms with Gasteiger partial charge in [-0.1, -0.05) is 0 Å². The summed E-state index contributed by atoms with van der Waals surface area (Å²) in [5.41, 5.74) is 1.38. The van der Waals surface area contributed by atoms with E-state index in [0.717, 1.165) is 6.07 Å². The average Bonchev–Trinajstić information content (AvgIpc) is 2.33. The van der Waals surface area contributed by atoms with Crippen LogP contribution in [0, 0.1) is 19.7 Å². The van der Waals surface area contributed by atoms with Crippen LogP contribution in [0.25, 0.3) is 0 Å². The van der Waals surface area contributed by atoms with Gasteiger partial charge < -0.3 is 10.4 Å². The fourth-order valence-electron chi connectivity index (χ4n) is 1.41. The Bertz CT molecular complexity index is 646. The lowest BCUT2D eigenvalue weighted by atomic mass is 10.2. The third-order valence-electron chi connectivity index (χ3n) is 2.55. The van der Waals surface area contributed by atoms with Crippen molar-refractivity contribution in [2.24, 2.45) is 0 Å². The number of aromatic nitrogens is 3. The van der Waals surface area contributed by atoms with E-state index in [1.54, 1.807) is 13.8 Å². The number of anilines is 2. The molecule has 98 valence electrons. The quantitative estimate of drug-likeness (QED) is 0.880. The minimum atomic E-state index is -1.31. The van der Waals surface area contributed by atoms with E-state index in [-0.39, 0.29) is 11.5 Å². The molecule has 2 N–H and O–H groups in total. The minimum absolute atomic E-state index is 0.227. The van der Waals surface area contributed by atoms with E-state index in [9.17, 15) is 9.18 Å². The number of carboxylic acids is 1. The summed E-state index contributed by atoms with van der Waals surface area (Å²) in [6.07, 6.45) is 0. The first-order valence-corrected chi connectivity index (χ1v) is 5.45. The van der Waals surface area contributed by atoms with Crippen molar-refractivity contribution in [1.29, 1.82) is 0 Å². The molecule has 0 aliphatic carbocycles. The van der Waals surface area contributed by atoms with Gasteiger partial charge in [0.1, 0.15) is 5.82 Å². The van der Waals surface area contributed by atoms with Crippen LogP contribution in [0.1, 0.15) is 21.7 Å². The third-order valence-corrected chi connectivity index (χ3v) is 2.55. The van der Waals surface area contributed by atoms with Crippen LogP contribution in [0.2, 0.25) is 0 Å². The summed E-state index contributed by atoms with van der Waals surface area (Å²) in [5, 5.41) is 19.2. The van der Waals surface area contributed by atoms with Crippen LogP contribution in [0.3, 0.4) is 0 Å². The van der Waals surface area contributed by atoms with Gasteiger partial charge in [0, 0.05) is 5.69 Å². The molecule has 0 atom stereocenters. The van der Waals surface area contributed by atoms with Crippen molar-refractivity contribution in [3.63, 3.8) is 0 Å². The Labute approximate surface area is 108 Å². The summed E-state index contributed by atoms with van der Waals surface area (Å²) in [6.45, 7) is 3.56. The average molecular weight is 262 g/mol. The molecule has 0 radical (unpaired) electrons. The Morgan fingerprint density at radius 2 is 2.00 bits per heavy atom. The molecule has 0 unspecified atom stereocenters. The van der Waals surface area contributed by atoms with Crippen molar-refractivity contribution in [3.05, 3.63) is 41.0 Å². The van der Waals surface area contributed by atoms with Gasteiger partial charge in [-0.15, -0.1) is 5.10 Å². The van der Waals surface area contributed by atoms with Crippen molar-refractivity contribution in [1.82, 2.24) is 15.2 Å². The van der Waals surface area contributed by atoms with Gasteiger partial charge in [0.15, 0.2) is 0 Å². The molecule has 0 aliphatic rings. The molecule has 0 saturated carbocycles. The lowest BCUT2D eigenvalue weighted by molar-refractivity contribution is 0.0692. The van der Waals surface area contributed by atoms with Crippen LogP contribution >= 0.6 is 0 Å². The number of rotatable bonds is 3. The van der Waals surface area contributed by atoms with Gasteiger partial charge >= 0.3 is 5.97 Å². The van der Waals surface area contributed by atoms with Gasteiger partial charge in [0.2, 0.25) is 5.95 Å². The van der Waals surface area contributed by atoms with Gasteiger partial charge in [-0.25, -0.2) is 14.2 Å². The van der Waals surface area contributed by atoms with E-state index in [1.807, 2.05) is 0 Å². The molecule has 1 heterocycles. The molecule has 2 aromatic rings. The summed E-state index contributed by atoms with van der Waals surface area (Å²) in [4.78, 5) is 14.8. The van der Waals surface area contributed by atoms with Crippen LogP contribution in [-0.4, -0.2) is 26.3 Å². The molecule has 6 nitrogen and oxygen atoms in total. The SMILES string of the molecule is Cc1nnc(Nc2ccc(C(=O)O)c(F)c2)nc1C. The Hall–Kier alpha value is -2.57. The topological polar surface area (TPSA) is 88.0 Å². The van der Waals surface area contributed by atoms with Crippen LogP contribution in [0.15, 0.2) is 18.2 Å². The highest BCUT2D eigenvalue weighted by Crippen LogP contribution is 2.17. The van der Waals surface area contributed by atoms with Crippen molar-refractivity contribution in [3.8, 4) is 0 Å². The van der Waals surface area contributed by atoms with Crippen LogP contribution in [0.4, 0.5) is 16.0 Å². The summed E-state index contributed by atoms with van der Waals surface area (Å²) >= 11 is 0. The number of aromatic carboxylic acids is 1. The standard InChI is InChI=1S/C12H11FN4O2/c1-6-7(2)16-17-12(14-6)15-8-3-4-9(11(18)19)10(13)5-8/h3-5H,1-2H3,(H,18,19)(H,14,15,17). The number of halogens is 1. The lowest BCUT2D eigenvalue weighted by Gasteiger charge is -2.06. The van der Waals surface area contributed by atoms with Crippen molar-refractivity contribution >= 4 is 17.6 Å². The monoisotopic (exact) mass is 262 g/mol. The number of carbonyl (C=O) groups is 1. The molecule has 2 rings (SSSR count). The van der Waals surface area contributed by atoms with Crippen LogP contribution in [-0.2, 0) is 0 Å².